The van der Waals surface area contributed by atoms with E-state index in [1.807, 2.05) is 0 Å². The summed E-state index contributed by atoms with van der Waals surface area (Å²) < 4.78 is 6.66. The number of carbonyl (C=O) groups is 2. The van der Waals surface area contributed by atoms with E-state index in [1.54, 1.807) is 18.4 Å². The number of nitrogens with zero attached hydrogens (tertiary/aromatic N) is 2. The molecular weight excluding hydrogens is 272 g/mol. The lowest BCUT2D eigenvalue weighted by Gasteiger charge is -2.08. The van der Waals surface area contributed by atoms with E-state index >= 15 is 0 Å². The summed E-state index contributed by atoms with van der Waals surface area (Å²) in [5.41, 5.74) is 6.09. The molecule has 3 N–H and O–H groups in total. The molecule has 21 heavy (non-hydrogen) atoms. The number of nitrogen functional groups attached to an aromatic ring is 1. The van der Waals surface area contributed by atoms with Crippen LogP contribution < -0.4 is 11.1 Å². The van der Waals surface area contributed by atoms with E-state index in [0.29, 0.717) is 37.1 Å². The molecular formula is C14H22N4O3. The van der Waals surface area contributed by atoms with Gasteiger partial charge in [0.1, 0.15) is 11.6 Å². The van der Waals surface area contributed by atoms with Gasteiger partial charge < -0.3 is 20.4 Å². The summed E-state index contributed by atoms with van der Waals surface area (Å²) in [5.74, 6) is 0.509. The fourth-order valence-corrected chi connectivity index (χ4v) is 2.14. The predicted molar refractivity (Wildman–Crippen MR) is 77.7 cm³/mol. The molecule has 1 amide bonds. The lowest BCUT2D eigenvalue weighted by atomic mass is 10.3. The Balaban J connectivity index is 1.90. The molecule has 1 aromatic rings. The molecule has 0 bridgehead atoms. The molecule has 1 fully saturated rings. The SMILES string of the molecule is CCOC(=O)c1nc(C)n(CCCC(=O)NC2CC2)c1N. The molecule has 7 heteroatoms. The molecule has 0 spiro atoms. The first-order valence-electron chi connectivity index (χ1n) is 7.32. The second-order valence-electron chi connectivity index (χ2n) is 5.21. The van der Waals surface area contributed by atoms with Gasteiger partial charge in [0, 0.05) is 19.0 Å². The van der Waals surface area contributed by atoms with Gasteiger partial charge in [0.15, 0.2) is 5.69 Å². The van der Waals surface area contributed by atoms with Crippen molar-refractivity contribution >= 4 is 17.7 Å². The molecule has 0 aliphatic heterocycles. The molecule has 116 valence electrons. The van der Waals surface area contributed by atoms with Crippen LogP contribution in [0.2, 0.25) is 0 Å². The maximum absolute atomic E-state index is 11.7. The van der Waals surface area contributed by atoms with Crippen molar-refractivity contribution in [1.29, 1.82) is 0 Å². The van der Waals surface area contributed by atoms with Crippen molar-refractivity contribution in [3.05, 3.63) is 11.5 Å². The molecule has 0 aromatic carbocycles. The second kappa shape index (κ2) is 6.60. The van der Waals surface area contributed by atoms with E-state index in [2.05, 4.69) is 10.3 Å². The molecule has 1 aliphatic carbocycles. The average molecular weight is 294 g/mol. The van der Waals surface area contributed by atoms with Crippen LogP contribution in [0.4, 0.5) is 5.82 Å². The van der Waals surface area contributed by atoms with Crippen molar-refractivity contribution in [3.63, 3.8) is 0 Å². The number of aryl methyl sites for hydroxylation is 1. The van der Waals surface area contributed by atoms with Gasteiger partial charge in [-0.15, -0.1) is 0 Å². The second-order valence-corrected chi connectivity index (χ2v) is 5.21. The first kappa shape index (κ1) is 15.3. The molecule has 0 saturated heterocycles. The van der Waals surface area contributed by atoms with Crippen molar-refractivity contribution in [2.24, 2.45) is 0 Å². The molecule has 1 aliphatic rings. The van der Waals surface area contributed by atoms with E-state index in [4.69, 9.17) is 10.5 Å². The third-order valence-electron chi connectivity index (χ3n) is 3.39. The highest BCUT2D eigenvalue weighted by molar-refractivity contribution is 5.92. The van der Waals surface area contributed by atoms with Crippen molar-refractivity contribution in [3.8, 4) is 0 Å². The van der Waals surface area contributed by atoms with Crippen LogP contribution in [0.3, 0.4) is 0 Å². The number of imidazole rings is 1. The standard InChI is InChI=1S/C14H22N4O3/c1-3-21-14(20)12-13(15)18(9(2)16-12)8-4-5-11(19)17-10-6-7-10/h10H,3-8,15H2,1-2H3,(H,17,19). The van der Waals surface area contributed by atoms with Crippen LogP contribution in [0, 0.1) is 6.92 Å². The highest BCUT2D eigenvalue weighted by atomic mass is 16.5. The Bertz CT molecular complexity index is 535. The molecule has 0 unspecified atom stereocenters. The van der Waals surface area contributed by atoms with Crippen LogP contribution >= 0.6 is 0 Å². The highest BCUT2D eigenvalue weighted by Crippen LogP contribution is 2.19. The lowest BCUT2D eigenvalue weighted by Crippen LogP contribution is -2.25. The molecule has 1 heterocycles. The van der Waals surface area contributed by atoms with Crippen molar-refractivity contribution in [1.82, 2.24) is 14.9 Å². The number of anilines is 1. The van der Waals surface area contributed by atoms with E-state index in [1.165, 1.54) is 0 Å². The average Bonchev–Trinajstić information content (AvgIpc) is 3.19. The smallest absolute Gasteiger partial charge is 0.360 e. The number of esters is 1. The van der Waals surface area contributed by atoms with Crippen molar-refractivity contribution in [2.75, 3.05) is 12.3 Å². The van der Waals surface area contributed by atoms with Crippen LogP contribution in [0.5, 0.6) is 0 Å². The molecule has 0 atom stereocenters. The number of nitrogens with two attached hydrogens (primary N) is 1. The summed E-state index contributed by atoms with van der Waals surface area (Å²) >= 11 is 0. The molecule has 1 saturated carbocycles. The van der Waals surface area contributed by atoms with Crippen LogP contribution in [0.25, 0.3) is 0 Å². The molecule has 2 rings (SSSR count). The number of amides is 1. The van der Waals surface area contributed by atoms with Gasteiger partial charge in [-0.2, -0.15) is 0 Å². The molecule has 7 nitrogen and oxygen atoms in total. The Kier molecular flexibility index (Phi) is 4.82. The highest BCUT2D eigenvalue weighted by Gasteiger charge is 2.23. The van der Waals surface area contributed by atoms with Gasteiger partial charge in [0.2, 0.25) is 5.91 Å². The Morgan fingerprint density at radius 2 is 2.19 bits per heavy atom. The van der Waals surface area contributed by atoms with Gasteiger partial charge in [-0.05, 0) is 33.1 Å². The lowest BCUT2D eigenvalue weighted by molar-refractivity contribution is -0.121. The number of aromatic nitrogens is 2. The van der Waals surface area contributed by atoms with Crippen LogP contribution in [-0.2, 0) is 16.1 Å². The number of hydrogen-bond donors (Lipinski definition) is 2. The van der Waals surface area contributed by atoms with Gasteiger partial charge in [-0.25, -0.2) is 9.78 Å². The maximum Gasteiger partial charge on any atom is 0.360 e. The van der Waals surface area contributed by atoms with Crippen LogP contribution in [-0.4, -0.2) is 34.1 Å². The Labute approximate surface area is 123 Å². The number of hydrogen-bond acceptors (Lipinski definition) is 5. The maximum atomic E-state index is 11.7. The van der Waals surface area contributed by atoms with Crippen LogP contribution in [0.1, 0.15) is 48.9 Å². The zero-order chi connectivity index (χ0) is 15.4. The van der Waals surface area contributed by atoms with Crippen LogP contribution in [0.15, 0.2) is 0 Å². The van der Waals surface area contributed by atoms with Gasteiger partial charge in [0.25, 0.3) is 0 Å². The Hall–Kier alpha value is -2.05. The van der Waals surface area contributed by atoms with E-state index < -0.39 is 5.97 Å². The fraction of sp³-hybridized carbons (Fsp3) is 0.643. The van der Waals surface area contributed by atoms with Crippen molar-refractivity contribution < 1.29 is 14.3 Å². The summed E-state index contributed by atoms with van der Waals surface area (Å²) in [6.45, 7) is 4.35. The van der Waals surface area contributed by atoms with Gasteiger partial charge in [-0.3, -0.25) is 4.79 Å². The summed E-state index contributed by atoms with van der Waals surface area (Å²) in [4.78, 5) is 27.5. The minimum atomic E-state index is -0.511. The van der Waals surface area contributed by atoms with E-state index in [-0.39, 0.29) is 18.2 Å². The Morgan fingerprint density at radius 3 is 2.81 bits per heavy atom. The van der Waals surface area contributed by atoms with Gasteiger partial charge >= 0.3 is 5.97 Å². The summed E-state index contributed by atoms with van der Waals surface area (Å²) in [6, 6.07) is 0.382. The largest absolute Gasteiger partial charge is 0.461 e. The minimum Gasteiger partial charge on any atom is -0.461 e. The quantitative estimate of drug-likeness (QED) is 0.731. The zero-order valence-electron chi connectivity index (χ0n) is 12.5. The monoisotopic (exact) mass is 294 g/mol. The fourth-order valence-electron chi connectivity index (χ4n) is 2.14. The summed E-state index contributed by atoms with van der Waals surface area (Å²) in [5, 5.41) is 2.94. The molecule has 1 aromatic heterocycles. The third kappa shape index (κ3) is 3.96. The number of nitrogens with one attached hydrogen (secondary N) is 1. The molecule has 0 radical (unpaired) electrons. The van der Waals surface area contributed by atoms with Gasteiger partial charge in [0.05, 0.1) is 6.61 Å². The van der Waals surface area contributed by atoms with Gasteiger partial charge in [-0.1, -0.05) is 0 Å². The number of rotatable bonds is 7. The minimum absolute atomic E-state index is 0.0689. The predicted octanol–water partition coefficient (Wildman–Crippen LogP) is 1.01. The topological polar surface area (TPSA) is 99.2 Å². The number of carbonyl (C=O) groups excluding carboxylic acids is 2. The van der Waals surface area contributed by atoms with E-state index in [9.17, 15) is 9.59 Å². The van der Waals surface area contributed by atoms with E-state index in [0.717, 1.165) is 12.8 Å². The summed E-state index contributed by atoms with van der Waals surface area (Å²) in [6.07, 6.45) is 3.27. The van der Waals surface area contributed by atoms with Crippen molar-refractivity contribution in [2.45, 2.75) is 52.1 Å². The third-order valence-corrected chi connectivity index (χ3v) is 3.39. The number of ether oxygens (including phenoxy) is 1. The first-order chi connectivity index (χ1) is 10.0. The summed E-state index contributed by atoms with van der Waals surface area (Å²) in [7, 11) is 0. The normalized spacial score (nSPS) is 14.0. The first-order valence-corrected chi connectivity index (χ1v) is 7.32. The Morgan fingerprint density at radius 1 is 1.48 bits per heavy atom. The zero-order valence-corrected chi connectivity index (χ0v) is 12.5.